The average molecular weight is 655 g/mol. The second-order valence-electron chi connectivity index (χ2n) is 13.0. The molecule has 10 aromatic carbocycles. The normalized spacial score (nSPS) is 14.1. The first-order chi connectivity index (χ1) is 28.6. The highest BCUT2D eigenvalue weighted by molar-refractivity contribution is 6.26. The van der Waals surface area contributed by atoms with Gasteiger partial charge in [-0.05, 0) is 105 Å². The van der Waals surface area contributed by atoms with Gasteiger partial charge < -0.3 is 4.42 Å². The molecule has 0 amide bonds. The molecule has 0 bridgehead atoms. The quantitative estimate of drug-likeness (QED) is 0.136. The highest BCUT2D eigenvalue weighted by Crippen LogP contribution is 2.47. The van der Waals surface area contributed by atoms with Gasteiger partial charge in [-0.1, -0.05) is 164 Å². The molecule has 0 saturated carbocycles. The molecule has 0 spiro atoms. The summed E-state index contributed by atoms with van der Waals surface area (Å²) >= 11 is 0. The van der Waals surface area contributed by atoms with Gasteiger partial charge in [-0.3, -0.25) is 0 Å². The zero-order chi connectivity index (χ0) is 40.4. The van der Waals surface area contributed by atoms with Crippen molar-refractivity contribution in [3.63, 3.8) is 0 Å². The van der Waals surface area contributed by atoms with Crippen LogP contribution in [0.4, 0.5) is 0 Å². The molecule has 1 aromatic heterocycles. The molecule has 236 valence electrons. The van der Waals surface area contributed by atoms with Crippen LogP contribution in [-0.4, -0.2) is 0 Å². The second-order valence-corrected chi connectivity index (χ2v) is 13.0. The Hall–Kier alpha value is -6.70. The summed E-state index contributed by atoms with van der Waals surface area (Å²) in [5.74, 6) is 0. The second kappa shape index (κ2) is 10.9. The Morgan fingerprint density at radius 3 is 1.69 bits per heavy atom. The smallest absolute Gasteiger partial charge is 0.136 e. The Kier molecular flexibility index (Phi) is 4.57. The summed E-state index contributed by atoms with van der Waals surface area (Å²) in [6.45, 7) is 0. The van der Waals surface area contributed by atoms with E-state index in [2.05, 4.69) is 36.4 Å². The van der Waals surface area contributed by atoms with Crippen LogP contribution in [0.3, 0.4) is 0 Å². The van der Waals surface area contributed by atoms with Crippen LogP contribution in [0.25, 0.3) is 109 Å². The van der Waals surface area contributed by atoms with Crippen molar-refractivity contribution in [3.05, 3.63) is 182 Å². The zero-order valence-corrected chi connectivity index (χ0v) is 27.1. The van der Waals surface area contributed by atoms with Crippen LogP contribution in [-0.2, 0) is 0 Å². The molecule has 0 aliphatic carbocycles. The standard InChI is InChI=1S/C50H30O/c1-2-13-35-30-47-45(29-34(35)12-1)50-44(21-10-22-46(50)51-47)49-42-17-7-5-15-40(42)48(41-16-6-8-18-43(41)49)33-25-23-32(24-26-33)37-19-9-20-38-36-14-4-3-11-31(36)27-28-39(37)38/h1-30H/i5D,6D,7D,8D,15D,16D,17D,18D. The Bertz CT molecular complexity index is 3560. The number of hydrogen-bond donors (Lipinski definition) is 0. The number of hydrogen-bond acceptors (Lipinski definition) is 1. The first-order valence-corrected chi connectivity index (χ1v) is 16.9. The van der Waals surface area contributed by atoms with Crippen LogP contribution in [0.1, 0.15) is 11.0 Å². The van der Waals surface area contributed by atoms with Crippen molar-refractivity contribution in [1.29, 1.82) is 0 Å². The molecular weight excluding hydrogens is 617 g/mol. The first-order valence-electron chi connectivity index (χ1n) is 20.9. The lowest BCUT2D eigenvalue weighted by Crippen LogP contribution is -1.91. The van der Waals surface area contributed by atoms with Gasteiger partial charge in [0.05, 0.1) is 11.0 Å². The molecule has 0 N–H and O–H groups in total. The maximum atomic E-state index is 9.49. The summed E-state index contributed by atoms with van der Waals surface area (Å²) in [6, 6.07) is 40.9. The number of fused-ring (bicyclic) bond motifs is 9. The molecule has 11 aromatic rings. The van der Waals surface area contributed by atoms with Crippen LogP contribution in [0.5, 0.6) is 0 Å². The highest BCUT2D eigenvalue weighted by Gasteiger charge is 2.20. The number of benzene rings is 10. The van der Waals surface area contributed by atoms with E-state index in [1.807, 2.05) is 91.0 Å². The third-order valence-electron chi connectivity index (χ3n) is 10.3. The van der Waals surface area contributed by atoms with Crippen LogP contribution in [0, 0.1) is 0 Å². The SMILES string of the molecule is [2H]c1c([2H])c([2H])c2c(-c3cccc4oc5cc6ccccc6cc5c34)c3c([2H])c([2H])c([2H])c([2H])c3c(-c3ccc(-c4cccc5c4ccc4ccccc45)cc3)c2c1[2H]. The lowest BCUT2D eigenvalue weighted by Gasteiger charge is -2.18. The van der Waals surface area contributed by atoms with Crippen LogP contribution >= 0.6 is 0 Å². The molecule has 0 saturated heterocycles. The fourth-order valence-electron chi connectivity index (χ4n) is 8.01. The molecule has 1 heterocycles. The number of rotatable bonds is 3. The third-order valence-corrected chi connectivity index (χ3v) is 10.3. The fourth-order valence-corrected chi connectivity index (χ4v) is 8.01. The van der Waals surface area contributed by atoms with Gasteiger partial charge in [0.15, 0.2) is 0 Å². The molecule has 1 nitrogen and oxygen atoms in total. The predicted molar refractivity (Wildman–Crippen MR) is 218 cm³/mol. The first kappa shape index (κ1) is 21.4. The van der Waals surface area contributed by atoms with Crippen molar-refractivity contribution in [2.24, 2.45) is 0 Å². The van der Waals surface area contributed by atoms with Crippen molar-refractivity contribution in [3.8, 4) is 33.4 Å². The summed E-state index contributed by atoms with van der Waals surface area (Å²) in [5.41, 5.74) is 4.79. The number of furan rings is 1. The summed E-state index contributed by atoms with van der Waals surface area (Å²) in [4.78, 5) is 0. The fraction of sp³-hybridized carbons (Fsp3) is 0. The Morgan fingerprint density at radius 1 is 0.353 bits per heavy atom. The van der Waals surface area contributed by atoms with Gasteiger partial charge in [-0.15, -0.1) is 0 Å². The molecule has 0 atom stereocenters. The minimum atomic E-state index is -0.441. The van der Waals surface area contributed by atoms with Crippen molar-refractivity contribution >= 4 is 75.8 Å². The molecule has 0 radical (unpaired) electrons. The van der Waals surface area contributed by atoms with E-state index in [1.54, 1.807) is 6.07 Å². The molecule has 0 aliphatic heterocycles. The van der Waals surface area contributed by atoms with E-state index in [0.717, 1.165) is 48.8 Å². The lowest BCUT2D eigenvalue weighted by molar-refractivity contribution is 0.669. The van der Waals surface area contributed by atoms with E-state index < -0.39 is 24.2 Å². The van der Waals surface area contributed by atoms with Gasteiger partial charge in [0.1, 0.15) is 11.2 Å². The Balaban J connectivity index is 1.26. The molecule has 0 aliphatic rings. The van der Waals surface area contributed by atoms with Gasteiger partial charge in [0.25, 0.3) is 0 Å². The van der Waals surface area contributed by atoms with Crippen LogP contribution in [0.15, 0.2) is 186 Å². The summed E-state index contributed by atoms with van der Waals surface area (Å²) in [5, 5.41) is 8.59. The van der Waals surface area contributed by atoms with Crippen molar-refractivity contribution in [1.82, 2.24) is 0 Å². The van der Waals surface area contributed by atoms with E-state index in [4.69, 9.17) is 9.90 Å². The van der Waals surface area contributed by atoms with Crippen molar-refractivity contribution in [2.75, 3.05) is 0 Å². The van der Waals surface area contributed by atoms with Gasteiger partial charge in [0.2, 0.25) is 0 Å². The molecule has 1 heteroatoms. The predicted octanol–water partition coefficient (Wildman–Crippen LogP) is 14.4. The van der Waals surface area contributed by atoms with Crippen molar-refractivity contribution in [2.45, 2.75) is 0 Å². The molecule has 0 fully saturated rings. The van der Waals surface area contributed by atoms with E-state index in [1.165, 1.54) is 0 Å². The average Bonchev–Trinajstić information content (AvgIpc) is 3.64. The summed E-state index contributed by atoms with van der Waals surface area (Å²) < 4.78 is 79.9. The van der Waals surface area contributed by atoms with Gasteiger partial charge in [-0.2, -0.15) is 0 Å². The molecular formula is C50H30O. The van der Waals surface area contributed by atoms with E-state index in [9.17, 15) is 5.48 Å². The Labute approximate surface area is 305 Å². The maximum absolute atomic E-state index is 9.49. The third kappa shape index (κ3) is 4.22. The van der Waals surface area contributed by atoms with E-state index >= 15 is 0 Å². The van der Waals surface area contributed by atoms with E-state index in [0.29, 0.717) is 38.8 Å². The van der Waals surface area contributed by atoms with Crippen molar-refractivity contribution < 1.29 is 15.4 Å². The lowest BCUT2D eigenvalue weighted by atomic mass is 9.84. The molecule has 51 heavy (non-hydrogen) atoms. The maximum Gasteiger partial charge on any atom is 0.136 e. The Morgan fingerprint density at radius 2 is 0.941 bits per heavy atom. The van der Waals surface area contributed by atoms with Gasteiger partial charge >= 0.3 is 0 Å². The summed E-state index contributed by atoms with van der Waals surface area (Å²) in [7, 11) is 0. The monoisotopic (exact) mass is 654 g/mol. The van der Waals surface area contributed by atoms with Gasteiger partial charge in [-0.25, -0.2) is 0 Å². The minimum Gasteiger partial charge on any atom is -0.456 e. The summed E-state index contributed by atoms with van der Waals surface area (Å²) in [6.07, 6.45) is 0. The van der Waals surface area contributed by atoms with Gasteiger partial charge in [0, 0.05) is 10.8 Å². The highest BCUT2D eigenvalue weighted by atomic mass is 16.3. The topological polar surface area (TPSA) is 13.1 Å². The van der Waals surface area contributed by atoms with E-state index in [-0.39, 0.29) is 45.7 Å². The largest absolute Gasteiger partial charge is 0.456 e. The molecule has 0 unspecified atom stereocenters. The van der Waals surface area contributed by atoms with Crippen LogP contribution < -0.4 is 0 Å². The minimum absolute atomic E-state index is 0.163. The van der Waals surface area contributed by atoms with Crippen LogP contribution in [0.2, 0.25) is 0 Å². The zero-order valence-electron chi connectivity index (χ0n) is 35.1. The molecule has 11 rings (SSSR count).